The Bertz CT molecular complexity index is 1070. The second-order valence-electron chi connectivity index (χ2n) is 13.9. The summed E-state index contributed by atoms with van der Waals surface area (Å²) >= 11 is -4.59. The van der Waals surface area contributed by atoms with Gasteiger partial charge in [0.15, 0.2) is 0 Å². The molecule has 39 heavy (non-hydrogen) atoms. The van der Waals surface area contributed by atoms with Crippen LogP contribution in [0.1, 0.15) is 133 Å². The van der Waals surface area contributed by atoms with Gasteiger partial charge < -0.3 is 0 Å². The van der Waals surface area contributed by atoms with Crippen molar-refractivity contribution in [3.8, 4) is 0 Å². The number of allylic oxidation sites excluding steroid dienone is 8. The molecule has 0 radical (unpaired) electrons. The van der Waals surface area contributed by atoms with E-state index in [2.05, 4.69) is 69.2 Å². The Morgan fingerprint density at radius 3 is 1.13 bits per heavy atom. The first kappa shape index (κ1) is 30.6. The third kappa shape index (κ3) is 5.11. The molecular weight excluding hydrogens is 520 g/mol. The van der Waals surface area contributed by atoms with Gasteiger partial charge in [0.2, 0.25) is 0 Å². The third-order valence-electron chi connectivity index (χ3n) is 11.1. The summed E-state index contributed by atoms with van der Waals surface area (Å²) in [7, 11) is 0. The summed E-state index contributed by atoms with van der Waals surface area (Å²) in [5.41, 5.74) is 6.63. The van der Waals surface area contributed by atoms with Crippen molar-refractivity contribution in [3.05, 3.63) is 41.2 Å². The van der Waals surface area contributed by atoms with Gasteiger partial charge in [-0.05, 0) is 0 Å². The molecule has 2 fully saturated rings. The van der Waals surface area contributed by atoms with Crippen LogP contribution in [0.5, 0.6) is 0 Å². The molecule has 0 aliphatic heterocycles. The van der Waals surface area contributed by atoms with Gasteiger partial charge in [-0.15, -0.1) is 0 Å². The summed E-state index contributed by atoms with van der Waals surface area (Å²) < 4.78 is 16.3. The maximum atomic E-state index is 14.2. The van der Waals surface area contributed by atoms with Crippen LogP contribution in [0.2, 0.25) is 0 Å². The van der Waals surface area contributed by atoms with Crippen molar-refractivity contribution in [2.24, 2.45) is 22.7 Å². The van der Waals surface area contributed by atoms with Crippen molar-refractivity contribution in [2.75, 3.05) is 0 Å². The first-order chi connectivity index (χ1) is 18.2. The molecule has 0 aromatic heterocycles. The minimum atomic E-state index is -4.59. The molecule has 4 rings (SSSR count). The Morgan fingerprint density at radius 2 is 0.872 bits per heavy atom. The van der Waals surface area contributed by atoms with Gasteiger partial charge in [0, 0.05) is 0 Å². The van der Waals surface area contributed by atoms with Gasteiger partial charge in [-0.2, -0.15) is 0 Å². The Balaban J connectivity index is 1.98. The predicted molar refractivity (Wildman–Crippen MR) is 155 cm³/mol. The fourth-order valence-electron chi connectivity index (χ4n) is 7.98. The summed E-state index contributed by atoms with van der Waals surface area (Å²) in [5, 5.41) is 0. The second-order valence-corrected chi connectivity index (χ2v) is 18.0. The SMILES string of the molecule is CC1=C(C)C(C)(C)[C]([Ti]([O]C(=O)C2CCCCC2)([O]C(=O)C2CCCCC2)[C]2=C(C)C(C)=C(C)C2(C)C)=C1C. The molecule has 0 atom stereocenters. The van der Waals surface area contributed by atoms with Crippen LogP contribution >= 0.6 is 0 Å². The standard InChI is InChI=1S/2C10H15.2C7H12O2.Ti/c2*1-7-6-10(4,5)9(3)8(7)2;2*8-7(9)6-4-2-1-3-5-6;/h2*1-5H3;2*6H,1-5H2,(H,8,9);/q;;;;+2/p-2. The molecule has 4 aliphatic rings. The third-order valence-corrected chi connectivity index (χ3v) is 17.9. The Kier molecular flexibility index (Phi) is 8.72. The molecule has 4 nitrogen and oxygen atoms in total. The van der Waals surface area contributed by atoms with E-state index in [1.165, 1.54) is 35.1 Å². The van der Waals surface area contributed by atoms with Gasteiger partial charge in [0.1, 0.15) is 0 Å². The summed E-state index contributed by atoms with van der Waals surface area (Å²) in [6.45, 7) is 22.0. The van der Waals surface area contributed by atoms with Gasteiger partial charge in [-0.3, -0.25) is 0 Å². The van der Waals surface area contributed by atoms with E-state index in [4.69, 9.17) is 6.64 Å². The average Bonchev–Trinajstić information content (AvgIpc) is 3.16. The van der Waals surface area contributed by atoms with Crippen molar-refractivity contribution in [1.29, 1.82) is 0 Å². The zero-order valence-corrected chi connectivity index (χ0v) is 27.9. The molecule has 216 valence electrons. The van der Waals surface area contributed by atoms with E-state index >= 15 is 0 Å². The molecule has 0 bridgehead atoms. The number of hydrogen-bond acceptors (Lipinski definition) is 4. The minimum absolute atomic E-state index is 0.113. The Labute approximate surface area is 242 Å². The molecule has 0 N–H and O–H groups in total. The van der Waals surface area contributed by atoms with E-state index in [-0.39, 0.29) is 34.6 Å². The van der Waals surface area contributed by atoms with Crippen LogP contribution in [0.25, 0.3) is 0 Å². The van der Waals surface area contributed by atoms with Gasteiger partial charge in [-0.1, -0.05) is 0 Å². The zero-order valence-electron chi connectivity index (χ0n) is 26.4. The fraction of sp³-hybridized carbons (Fsp3) is 0.706. The molecule has 0 amide bonds. The van der Waals surface area contributed by atoms with Gasteiger partial charge in [-0.25, -0.2) is 0 Å². The van der Waals surface area contributed by atoms with E-state index in [0.29, 0.717) is 0 Å². The van der Waals surface area contributed by atoms with Crippen LogP contribution in [-0.2, 0) is 33.6 Å². The van der Waals surface area contributed by atoms with Gasteiger partial charge in [0.05, 0.1) is 0 Å². The number of hydrogen-bond donors (Lipinski definition) is 0. The Morgan fingerprint density at radius 1 is 0.564 bits per heavy atom. The molecular formula is C34H52O4Ti. The predicted octanol–water partition coefficient (Wildman–Crippen LogP) is 9.52. The fourth-order valence-corrected chi connectivity index (χ4v) is 15.8. The van der Waals surface area contributed by atoms with E-state index in [1.807, 2.05) is 0 Å². The summed E-state index contributed by atoms with van der Waals surface area (Å²) in [5.74, 6) is -0.498. The first-order valence-corrected chi connectivity index (χ1v) is 18.3. The van der Waals surface area contributed by atoms with Crippen LogP contribution in [0, 0.1) is 22.7 Å². The zero-order chi connectivity index (χ0) is 28.9. The Hall–Kier alpha value is -1.39. The van der Waals surface area contributed by atoms with E-state index in [9.17, 15) is 9.59 Å². The van der Waals surface area contributed by atoms with Crippen LogP contribution in [0.4, 0.5) is 0 Å². The van der Waals surface area contributed by atoms with E-state index in [0.717, 1.165) is 70.3 Å². The molecule has 0 spiro atoms. The van der Waals surface area contributed by atoms with Crippen molar-refractivity contribution >= 4 is 11.9 Å². The normalized spacial score (nSPS) is 24.7. The van der Waals surface area contributed by atoms with Crippen molar-refractivity contribution in [3.63, 3.8) is 0 Å². The topological polar surface area (TPSA) is 52.6 Å². The maximum absolute atomic E-state index is 14.2. The summed E-state index contributed by atoms with van der Waals surface area (Å²) in [6.07, 6.45) is 10.0. The molecule has 0 heterocycles. The van der Waals surface area contributed by atoms with Gasteiger partial charge in [0.25, 0.3) is 0 Å². The second kappa shape index (κ2) is 11.1. The number of carbonyl (C=O) groups is 2. The number of rotatable bonds is 6. The quantitative estimate of drug-likeness (QED) is 0.298. The molecule has 2 saturated carbocycles. The van der Waals surface area contributed by atoms with Crippen molar-refractivity contribution in [2.45, 2.75) is 133 Å². The van der Waals surface area contributed by atoms with Crippen LogP contribution in [0.3, 0.4) is 0 Å². The summed E-state index contributed by atoms with van der Waals surface area (Å²) in [4.78, 5) is 28.4. The number of carbonyl (C=O) groups excluding carboxylic acids is 2. The molecule has 0 unspecified atom stereocenters. The molecule has 4 aliphatic carbocycles. The summed E-state index contributed by atoms with van der Waals surface area (Å²) in [6, 6.07) is 0. The monoisotopic (exact) mass is 572 g/mol. The van der Waals surface area contributed by atoms with Crippen LogP contribution < -0.4 is 0 Å². The van der Waals surface area contributed by atoms with Gasteiger partial charge >= 0.3 is 243 Å². The average molecular weight is 573 g/mol. The van der Waals surface area contributed by atoms with Crippen LogP contribution in [-0.4, -0.2) is 11.9 Å². The molecule has 5 heteroatoms. The first-order valence-electron chi connectivity index (χ1n) is 15.4. The molecule has 0 aromatic rings. The van der Waals surface area contributed by atoms with E-state index < -0.39 is 17.4 Å². The molecule has 0 aromatic carbocycles. The van der Waals surface area contributed by atoms with Crippen LogP contribution in [0.15, 0.2) is 41.2 Å². The van der Waals surface area contributed by atoms with Crippen molar-refractivity contribution in [1.82, 2.24) is 0 Å². The van der Waals surface area contributed by atoms with E-state index in [1.54, 1.807) is 0 Å². The molecule has 0 saturated heterocycles. The van der Waals surface area contributed by atoms with Crippen molar-refractivity contribution < 1.29 is 33.6 Å².